The number of carbonyl (C=O) groups excluding carboxylic acids is 1. The maximum atomic E-state index is 11.6. The van der Waals surface area contributed by atoms with Crippen LogP contribution >= 0.6 is 11.3 Å². The molecule has 10 nitrogen and oxygen atoms in total. The maximum Gasteiger partial charge on any atom is 0.360 e. The van der Waals surface area contributed by atoms with Crippen molar-refractivity contribution in [2.24, 2.45) is 5.14 Å². The van der Waals surface area contributed by atoms with Gasteiger partial charge < -0.3 is 9.26 Å². The van der Waals surface area contributed by atoms with Crippen molar-refractivity contribution in [3.05, 3.63) is 18.0 Å². The summed E-state index contributed by atoms with van der Waals surface area (Å²) in [5, 5.41) is 12.5. The van der Waals surface area contributed by atoms with Crippen LogP contribution in [-0.4, -0.2) is 40.7 Å². The van der Waals surface area contributed by atoms with Crippen LogP contribution in [0.1, 0.15) is 17.4 Å². The van der Waals surface area contributed by atoms with E-state index in [1.54, 1.807) is 6.92 Å². The topological polar surface area (TPSA) is 143 Å². The Morgan fingerprint density at radius 1 is 1.55 bits per heavy atom. The average Bonchev–Trinajstić information content (AvgIpc) is 3.12. The zero-order valence-electron chi connectivity index (χ0n) is 11.1. The first-order chi connectivity index (χ1) is 10.4. The Labute approximate surface area is 127 Å². The number of rotatable bonds is 4. The number of primary sulfonamides is 1. The van der Waals surface area contributed by atoms with Crippen LogP contribution in [0.3, 0.4) is 0 Å². The Hall–Kier alpha value is -2.31. The minimum Gasteiger partial charge on any atom is -0.461 e. The monoisotopic (exact) mass is 343 g/mol. The summed E-state index contributed by atoms with van der Waals surface area (Å²) in [6, 6.07) is 1.36. The van der Waals surface area contributed by atoms with Crippen molar-refractivity contribution >= 4 is 32.3 Å². The number of hydrogen-bond acceptors (Lipinski definition) is 9. The van der Waals surface area contributed by atoms with Gasteiger partial charge in [-0.3, -0.25) is 0 Å². The lowest BCUT2D eigenvalue weighted by Gasteiger charge is -1.94. The predicted octanol–water partition coefficient (Wildman–Crippen LogP) is 0.270. The molecule has 0 spiro atoms. The minimum atomic E-state index is -3.92. The Morgan fingerprint density at radius 3 is 3.00 bits per heavy atom. The molecule has 3 aromatic heterocycles. The third-order valence-corrected chi connectivity index (χ3v) is 4.79. The van der Waals surface area contributed by atoms with E-state index in [0.29, 0.717) is 10.7 Å². The number of aromatic nitrogens is 4. The van der Waals surface area contributed by atoms with E-state index in [9.17, 15) is 13.2 Å². The molecule has 0 saturated heterocycles. The van der Waals surface area contributed by atoms with Gasteiger partial charge in [0.15, 0.2) is 11.5 Å². The van der Waals surface area contributed by atoms with Crippen molar-refractivity contribution in [3.63, 3.8) is 0 Å². The Kier molecular flexibility index (Phi) is 3.42. The van der Waals surface area contributed by atoms with Gasteiger partial charge in [0, 0.05) is 6.07 Å². The first-order valence-electron chi connectivity index (χ1n) is 5.91. The van der Waals surface area contributed by atoms with E-state index in [1.807, 2.05) is 0 Å². The van der Waals surface area contributed by atoms with Crippen molar-refractivity contribution in [1.29, 1.82) is 0 Å². The van der Waals surface area contributed by atoms with Crippen molar-refractivity contribution in [3.8, 4) is 11.5 Å². The molecule has 2 N–H and O–H groups in total. The summed E-state index contributed by atoms with van der Waals surface area (Å²) in [7, 11) is -3.92. The average molecular weight is 343 g/mol. The van der Waals surface area contributed by atoms with Crippen molar-refractivity contribution in [2.75, 3.05) is 6.61 Å². The van der Waals surface area contributed by atoms with Crippen LogP contribution in [0, 0.1) is 0 Å². The number of carbonyl (C=O) groups is 1. The molecule has 12 heteroatoms. The van der Waals surface area contributed by atoms with Gasteiger partial charge in [-0.25, -0.2) is 23.3 Å². The number of fused-ring (bicyclic) bond motifs is 1. The first kappa shape index (κ1) is 14.6. The van der Waals surface area contributed by atoms with Gasteiger partial charge in [0.2, 0.25) is 9.30 Å². The van der Waals surface area contributed by atoms with Crippen LogP contribution in [0.2, 0.25) is 0 Å². The van der Waals surface area contributed by atoms with Crippen LogP contribution in [-0.2, 0) is 14.8 Å². The highest BCUT2D eigenvalue weighted by molar-refractivity contribution is 7.91. The SMILES string of the molecule is CCOC(=O)c1cc(-c2cnc3sc(S(N)(=O)=O)nn23)on1. The molecular weight excluding hydrogens is 334 g/mol. The second-order valence-corrected chi connectivity index (χ2v) is 6.74. The molecule has 0 radical (unpaired) electrons. The number of nitrogens with zero attached hydrogens (tertiary/aromatic N) is 4. The number of hydrogen-bond donors (Lipinski definition) is 1. The van der Waals surface area contributed by atoms with E-state index in [0.717, 1.165) is 11.3 Å². The van der Waals surface area contributed by atoms with Gasteiger partial charge >= 0.3 is 5.97 Å². The van der Waals surface area contributed by atoms with Gasteiger partial charge in [-0.1, -0.05) is 16.5 Å². The Balaban J connectivity index is 2.03. The fraction of sp³-hybridized carbons (Fsp3) is 0.200. The van der Waals surface area contributed by atoms with Gasteiger partial charge in [0.05, 0.1) is 12.8 Å². The van der Waals surface area contributed by atoms with Crippen molar-refractivity contribution in [2.45, 2.75) is 11.3 Å². The number of ether oxygens (including phenoxy) is 1. The van der Waals surface area contributed by atoms with Crippen LogP contribution in [0.5, 0.6) is 0 Å². The molecular formula is C10H9N5O5S2. The molecule has 0 fully saturated rings. The largest absolute Gasteiger partial charge is 0.461 e. The van der Waals surface area contributed by atoms with Gasteiger partial charge in [0.25, 0.3) is 10.0 Å². The van der Waals surface area contributed by atoms with Crippen LogP contribution in [0.15, 0.2) is 21.1 Å². The second kappa shape index (κ2) is 5.15. The molecule has 116 valence electrons. The van der Waals surface area contributed by atoms with E-state index >= 15 is 0 Å². The van der Waals surface area contributed by atoms with E-state index in [-0.39, 0.29) is 22.4 Å². The molecule has 0 bridgehead atoms. The summed E-state index contributed by atoms with van der Waals surface area (Å²) in [5.74, 6) is -0.427. The lowest BCUT2D eigenvalue weighted by molar-refractivity contribution is 0.0514. The molecule has 0 aliphatic carbocycles. The van der Waals surface area contributed by atoms with Crippen LogP contribution in [0.25, 0.3) is 16.4 Å². The van der Waals surface area contributed by atoms with Gasteiger partial charge in [-0.15, -0.1) is 5.10 Å². The lowest BCUT2D eigenvalue weighted by atomic mass is 10.3. The van der Waals surface area contributed by atoms with E-state index in [1.165, 1.54) is 16.8 Å². The first-order valence-corrected chi connectivity index (χ1v) is 8.28. The number of imidazole rings is 1. The number of sulfonamides is 1. The van der Waals surface area contributed by atoms with Crippen molar-refractivity contribution in [1.82, 2.24) is 19.8 Å². The van der Waals surface area contributed by atoms with E-state index in [2.05, 4.69) is 15.2 Å². The van der Waals surface area contributed by atoms with E-state index in [4.69, 9.17) is 14.4 Å². The number of nitrogens with two attached hydrogens (primary N) is 1. The molecule has 3 aromatic rings. The molecule has 0 amide bonds. The quantitative estimate of drug-likeness (QED) is 0.665. The Bertz CT molecular complexity index is 954. The highest BCUT2D eigenvalue weighted by Gasteiger charge is 2.21. The normalized spacial score (nSPS) is 11.9. The summed E-state index contributed by atoms with van der Waals surface area (Å²) in [5.41, 5.74) is 0.331. The second-order valence-electron chi connectivity index (χ2n) is 4.05. The maximum absolute atomic E-state index is 11.6. The fourth-order valence-corrected chi connectivity index (χ4v) is 3.15. The third-order valence-electron chi connectivity index (χ3n) is 2.56. The minimum absolute atomic E-state index is 0.00583. The summed E-state index contributed by atoms with van der Waals surface area (Å²) >= 11 is 0.815. The van der Waals surface area contributed by atoms with Gasteiger partial charge in [-0.05, 0) is 6.92 Å². The lowest BCUT2D eigenvalue weighted by Crippen LogP contribution is -2.12. The summed E-state index contributed by atoms with van der Waals surface area (Å²) in [6.07, 6.45) is 1.42. The smallest absolute Gasteiger partial charge is 0.360 e. The van der Waals surface area contributed by atoms with Gasteiger partial charge in [0.1, 0.15) is 5.69 Å². The molecule has 22 heavy (non-hydrogen) atoms. The zero-order chi connectivity index (χ0) is 15.9. The zero-order valence-corrected chi connectivity index (χ0v) is 12.7. The van der Waals surface area contributed by atoms with Crippen molar-refractivity contribution < 1.29 is 22.5 Å². The number of esters is 1. The molecule has 0 unspecified atom stereocenters. The summed E-state index contributed by atoms with van der Waals surface area (Å²) in [4.78, 5) is 15.9. The molecule has 0 saturated carbocycles. The third kappa shape index (κ3) is 2.47. The Morgan fingerprint density at radius 2 is 2.32 bits per heavy atom. The molecule has 0 aliphatic heterocycles. The van der Waals surface area contributed by atoms with Gasteiger partial charge in [-0.2, -0.15) is 4.52 Å². The molecule has 0 aliphatic rings. The highest BCUT2D eigenvalue weighted by atomic mass is 32.2. The van der Waals surface area contributed by atoms with Crippen LogP contribution in [0.4, 0.5) is 0 Å². The molecule has 0 atom stereocenters. The molecule has 0 aromatic carbocycles. The molecule has 3 heterocycles. The standard InChI is InChI=1S/C10H9N5O5S2/c1-2-19-8(16)5-3-7(20-14-5)6-4-12-9-15(6)13-10(21-9)22(11,17)18/h3-4H,2H2,1H3,(H2,11,17,18). The van der Waals surface area contributed by atoms with E-state index < -0.39 is 16.0 Å². The highest BCUT2D eigenvalue weighted by Crippen LogP contribution is 2.25. The summed E-state index contributed by atoms with van der Waals surface area (Å²) < 4.78 is 33.4. The van der Waals surface area contributed by atoms with Crippen LogP contribution < -0.4 is 5.14 Å². The summed E-state index contributed by atoms with van der Waals surface area (Å²) in [6.45, 7) is 1.88. The molecule has 3 rings (SSSR count). The predicted molar refractivity (Wildman–Crippen MR) is 73.7 cm³/mol. The fourth-order valence-electron chi connectivity index (χ4n) is 1.66.